The molecule has 13 heavy (non-hydrogen) atoms. The van der Waals surface area contributed by atoms with E-state index in [1.165, 1.54) is 0 Å². The van der Waals surface area contributed by atoms with E-state index in [-0.39, 0.29) is 19.3 Å². The summed E-state index contributed by atoms with van der Waals surface area (Å²) in [6, 6.07) is -0.156. The summed E-state index contributed by atoms with van der Waals surface area (Å²) >= 11 is 0. The maximum atomic E-state index is 11.0. The first-order chi connectivity index (χ1) is 6.15. The molecular weight excluding hydrogens is 176 g/mol. The largest absolute Gasteiger partial charge is 0.449 e. The van der Waals surface area contributed by atoms with Gasteiger partial charge < -0.3 is 9.47 Å². The van der Waals surface area contributed by atoms with Crippen LogP contribution in [0.5, 0.6) is 0 Å². The molecule has 0 saturated carbocycles. The Balaban J connectivity index is 2.43. The highest BCUT2D eigenvalue weighted by Gasteiger charge is 2.31. The number of hydrazine groups is 1. The predicted molar refractivity (Wildman–Crippen MR) is 42.8 cm³/mol. The minimum Gasteiger partial charge on any atom is -0.449 e. The van der Waals surface area contributed by atoms with E-state index in [0.717, 1.165) is 5.01 Å². The molecule has 1 aliphatic heterocycles. The molecule has 0 aromatic rings. The molecule has 2 amide bonds. The normalized spacial score (nSPS) is 21.2. The first kappa shape index (κ1) is 9.63. The highest BCUT2D eigenvalue weighted by Crippen LogP contribution is 2.07. The summed E-state index contributed by atoms with van der Waals surface area (Å²) in [6.07, 6.45) is -1.20. The van der Waals surface area contributed by atoms with E-state index in [0.29, 0.717) is 0 Å². The summed E-state index contributed by atoms with van der Waals surface area (Å²) < 4.78 is 9.27. The van der Waals surface area contributed by atoms with E-state index < -0.39 is 12.2 Å². The Kier molecular flexibility index (Phi) is 2.94. The van der Waals surface area contributed by atoms with Gasteiger partial charge in [-0.1, -0.05) is 0 Å². The second-order valence-corrected chi connectivity index (χ2v) is 2.63. The smallest absolute Gasteiger partial charge is 0.429 e. The summed E-state index contributed by atoms with van der Waals surface area (Å²) in [6.45, 7) is 4.00. The summed E-state index contributed by atoms with van der Waals surface area (Å²) in [5.74, 6) is 0. The average molecular weight is 188 g/mol. The van der Waals surface area contributed by atoms with Crippen molar-refractivity contribution in [3.63, 3.8) is 0 Å². The third kappa shape index (κ3) is 2.24. The molecule has 0 aromatic carbocycles. The lowest BCUT2D eigenvalue weighted by Gasteiger charge is -2.17. The second-order valence-electron chi connectivity index (χ2n) is 2.63. The fourth-order valence-corrected chi connectivity index (χ4v) is 0.933. The molecule has 1 aliphatic rings. The maximum absolute atomic E-state index is 11.0. The minimum absolute atomic E-state index is 0.156. The second kappa shape index (κ2) is 3.97. The van der Waals surface area contributed by atoms with Crippen LogP contribution in [0, 0.1) is 0 Å². The van der Waals surface area contributed by atoms with E-state index in [2.05, 4.69) is 14.9 Å². The Hall–Kier alpha value is -1.46. The standard InChI is InChI=1S/C7H12N2O4/c1-3-12-6(10)8-9-5(2)4-13-7(9)11/h5H,3-4H2,1-2H3,(H,8,10)/t5-/m1/s1. The van der Waals surface area contributed by atoms with Crippen LogP contribution >= 0.6 is 0 Å². The molecule has 1 saturated heterocycles. The summed E-state index contributed by atoms with van der Waals surface area (Å²) in [5, 5.41) is 1.11. The van der Waals surface area contributed by atoms with Gasteiger partial charge in [0.25, 0.3) is 0 Å². The van der Waals surface area contributed by atoms with Gasteiger partial charge in [-0.25, -0.2) is 20.0 Å². The Morgan fingerprint density at radius 3 is 3.00 bits per heavy atom. The molecule has 74 valence electrons. The molecule has 1 heterocycles. The summed E-state index contributed by atoms with van der Waals surface area (Å²) in [4.78, 5) is 21.9. The van der Waals surface area contributed by atoms with Crippen LogP contribution in [0.1, 0.15) is 13.8 Å². The van der Waals surface area contributed by atoms with Gasteiger partial charge in [0.15, 0.2) is 0 Å². The van der Waals surface area contributed by atoms with E-state index in [1.807, 2.05) is 0 Å². The Morgan fingerprint density at radius 2 is 2.54 bits per heavy atom. The van der Waals surface area contributed by atoms with Crippen LogP contribution in [0.25, 0.3) is 0 Å². The predicted octanol–water partition coefficient (Wildman–Crippen LogP) is 0.488. The Labute approximate surface area is 75.8 Å². The quantitative estimate of drug-likeness (QED) is 0.684. The zero-order chi connectivity index (χ0) is 9.84. The molecule has 0 bridgehead atoms. The topological polar surface area (TPSA) is 67.9 Å². The third-order valence-electron chi connectivity index (χ3n) is 1.57. The van der Waals surface area contributed by atoms with E-state index >= 15 is 0 Å². The van der Waals surface area contributed by atoms with Gasteiger partial charge in [0.05, 0.1) is 12.6 Å². The number of cyclic esters (lactones) is 1. The van der Waals surface area contributed by atoms with Crippen molar-refractivity contribution in [2.75, 3.05) is 13.2 Å². The number of hydrogen-bond donors (Lipinski definition) is 1. The number of nitrogens with zero attached hydrogens (tertiary/aromatic N) is 1. The van der Waals surface area contributed by atoms with Crippen LogP contribution in [0.15, 0.2) is 0 Å². The average Bonchev–Trinajstić information content (AvgIpc) is 2.36. The summed E-state index contributed by atoms with van der Waals surface area (Å²) in [5.41, 5.74) is 2.28. The van der Waals surface area contributed by atoms with Gasteiger partial charge in [-0.2, -0.15) is 0 Å². The van der Waals surface area contributed by atoms with Crippen molar-refractivity contribution in [1.29, 1.82) is 0 Å². The van der Waals surface area contributed by atoms with Gasteiger partial charge in [0, 0.05) is 0 Å². The highest BCUT2D eigenvalue weighted by atomic mass is 16.6. The van der Waals surface area contributed by atoms with Crippen molar-refractivity contribution in [3.05, 3.63) is 0 Å². The monoisotopic (exact) mass is 188 g/mol. The number of carbonyl (C=O) groups is 2. The number of carbonyl (C=O) groups excluding carboxylic acids is 2. The molecular formula is C7H12N2O4. The lowest BCUT2D eigenvalue weighted by molar-refractivity contribution is 0.108. The van der Waals surface area contributed by atoms with Crippen LogP contribution in [0.4, 0.5) is 9.59 Å². The molecule has 6 nitrogen and oxygen atoms in total. The molecule has 6 heteroatoms. The van der Waals surface area contributed by atoms with Crippen LogP contribution in [-0.4, -0.2) is 36.5 Å². The molecule has 1 rings (SSSR count). The number of amides is 2. The van der Waals surface area contributed by atoms with Gasteiger partial charge >= 0.3 is 12.2 Å². The minimum atomic E-state index is -0.645. The van der Waals surface area contributed by atoms with Crippen molar-refractivity contribution in [2.45, 2.75) is 19.9 Å². The number of rotatable bonds is 2. The van der Waals surface area contributed by atoms with Crippen molar-refractivity contribution < 1.29 is 19.1 Å². The van der Waals surface area contributed by atoms with Crippen LogP contribution in [0.2, 0.25) is 0 Å². The molecule has 0 aliphatic carbocycles. The lowest BCUT2D eigenvalue weighted by Crippen LogP contribution is -2.46. The van der Waals surface area contributed by atoms with Gasteiger partial charge in [-0.3, -0.25) is 0 Å². The molecule has 0 radical (unpaired) electrons. The van der Waals surface area contributed by atoms with Crippen molar-refractivity contribution >= 4 is 12.2 Å². The molecule has 1 fully saturated rings. The summed E-state index contributed by atoms with van der Waals surface area (Å²) in [7, 11) is 0. The molecule has 0 unspecified atom stereocenters. The first-order valence-corrected chi connectivity index (χ1v) is 4.04. The van der Waals surface area contributed by atoms with Gasteiger partial charge in [0.1, 0.15) is 6.61 Å². The number of hydrogen-bond acceptors (Lipinski definition) is 4. The van der Waals surface area contributed by atoms with Crippen molar-refractivity contribution in [2.24, 2.45) is 0 Å². The fraction of sp³-hybridized carbons (Fsp3) is 0.714. The molecule has 1 atom stereocenters. The Morgan fingerprint density at radius 1 is 1.85 bits per heavy atom. The molecule has 1 N–H and O–H groups in total. The number of ether oxygens (including phenoxy) is 2. The molecule has 0 spiro atoms. The lowest BCUT2D eigenvalue weighted by atomic mass is 10.4. The van der Waals surface area contributed by atoms with Crippen LogP contribution < -0.4 is 5.43 Å². The van der Waals surface area contributed by atoms with E-state index in [9.17, 15) is 9.59 Å². The fourth-order valence-electron chi connectivity index (χ4n) is 0.933. The van der Waals surface area contributed by atoms with Crippen molar-refractivity contribution in [3.8, 4) is 0 Å². The van der Waals surface area contributed by atoms with E-state index in [4.69, 9.17) is 0 Å². The Bertz CT molecular complexity index is 219. The van der Waals surface area contributed by atoms with Crippen LogP contribution in [0.3, 0.4) is 0 Å². The zero-order valence-corrected chi connectivity index (χ0v) is 7.57. The number of nitrogens with one attached hydrogen (secondary N) is 1. The SMILES string of the molecule is CCOC(=O)NN1C(=O)OC[C@H]1C. The van der Waals surface area contributed by atoms with Crippen LogP contribution in [-0.2, 0) is 9.47 Å². The molecule has 0 aromatic heterocycles. The zero-order valence-electron chi connectivity index (χ0n) is 7.57. The highest BCUT2D eigenvalue weighted by molar-refractivity contribution is 5.75. The first-order valence-electron chi connectivity index (χ1n) is 4.04. The van der Waals surface area contributed by atoms with Gasteiger partial charge in [-0.15, -0.1) is 0 Å². The van der Waals surface area contributed by atoms with Gasteiger partial charge in [-0.05, 0) is 13.8 Å². The van der Waals surface area contributed by atoms with Crippen molar-refractivity contribution in [1.82, 2.24) is 10.4 Å². The third-order valence-corrected chi connectivity index (χ3v) is 1.57. The van der Waals surface area contributed by atoms with E-state index in [1.54, 1.807) is 13.8 Å². The van der Waals surface area contributed by atoms with Gasteiger partial charge in [0.2, 0.25) is 0 Å². The maximum Gasteiger partial charge on any atom is 0.429 e.